The van der Waals surface area contributed by atoms with Crippen LogP contribution in [0.4, 0.5) is 5.82 Å². The molecule has 0 unspecified atom stereocenters. The van der Waals surface area contributed by atoms with Crippen LogP contribution in [0.25, 0.3) is 17.4 Å². The van der Waals surface area contributed by atoms with E-state index in [1.165, 1.54) is 11.8 Å². The summed E-state index contributed by atoms with van der Waals surface area (Å²) in [6, 6.07) is 16.5. The topological polar surface area (TPSA) is 58.7 Å². The Bertz CT molecular complexity index is 1120. The van der Waals surface area contributed by atoms with Crippen LogP contribution in [0.3, 0.4) is 0 Å². The molecule has 0 saturated carbocycles. The lowest BCUT2D eigenvalue weighted by atomic mass is 10.2. The zero-order valence-corrected chi connectivity index (χ0v) is 16.9. The molecule has 0 aliphatic carbocycles. The third-order valence-electron chi connectivity index (χ3n) is 4.07. The number of amides is 1. The van der Waals surface area contributed by atoms with Gasteiger partial charge >= 0.3 is 0 Å². The Kier molecular flexibility index (Phi) is 5.64. The number of hydrogen-bond donors (Lipinski definition) is 0. The van der Waals surface area contributed by atoms with Crippen LogP contribution in [0.5, 0.6) is 0 Å². The van der Waals surface area contributed by atoms with Crippen molar-refractivity contribution < 1.29 is 9.21 Å². The van der Waals surface area contributed by atoms with Crippen LogP contribution in [0.1, 0.15) is 5.76 Å². The lowest BCUT2D eigenvalue weighted by Crippen LogP contribution is -2.29. The zero-order chi connectivity index (χ0) is 20.2. The Morgan fingerprint density at radius 1 is 1.21 bits per heavy atom. The molecule has 1 aliphatic heterocycles. The maximum Gasteiger partial charge on any atom is 0.267 e. The quantitative estimate of drug-likeness (QED) is 0.386. The lowest BCUT2D eigenvalue weighted by molar-refractivity contribution is -0.121. The van der Waals surface area contributed by atoms with Crippen molar-refractivity contribution in [1.29, 1.82) is 0 Å². The molecule has 29 heavy (non-hydrogen) atoms. The number of furan rings is 1. The van der Waals surface area contributed by atoms with E-state index in [0.717, 1.165) is 5.56 Å². The summed E-state index contributed by atoms with van der Waals surface area (Å²) >= 11 is 7.34. The van der Waals surface area contributed by atoms with E-state index >= 15 is 0 Å². The monoisotopic (exact) mass is 421 g/mol. The molecule has 1 amide bonds. The highest BCUT2D eigenvalue weighted by molar-refractivity contribution is 8.18. The fraction of sp³-hybridized carbons (Fsp3) is 0.0455. The summed E-state index contributed by atoms with van der Waals surface area (Å²) in [6.45, 7) is 4.09. The number of aromatic nitrogens is 1. The molecule has 7 heteroatoms. The standard InChI is InChI=1S/C22H16ClN3O2S/c1-2-12-26-21(27)19(29-22(26)25-20-8-3-4-11-24-20)14-17-9-10-18(28-17)15-6-5-7-16(23)13-15/h2-11,13-14H,1,12H2/b19-14+,25-22+. The molecule has 0 N–H and O–H groups in total. The van der Waals surface area contributed by atoms with Crippen LogP contribution in [-0.2, 0) is 4.79 Å². The van der Waals surface area contributed by atoms with Gasteiger partial charge < -0.3 is 4.42 Å². The number of pyridine rings is 1. The first-order valence-corrected chi connectivity index (χ1v) is 10.0. The first-order valence-electron chi connectivity index (χ1n) is 8.82. The van der Waals surface area contributed by atoms with Crippen molar-refractivity contribution in [2.45, 2.75) is 0 Å². The number of carbonyl (C=O) groups is 1. The van der Waals surface area contributed by atoms with Crippen LogP contribution in [0, 0.1) is 0 Å². The fourth-order valence-electron chi connectivity index (χ4n) is 2.76. The minimum atomic E-state index is -0.148. The van der Waals surface area contributed by atoms with E-state index in [4.69, 9.17) is 16.0 Å². The van der Waals surface area contributed by atoms with Crippen LogP contribution < -0.4 is 0 Å². The van der Waals surface area contributed by atoms with Gasteiger partial charge in [0.05, 0.1) is 4.91 Å². The molecule has 3 aromatic rings. The van der Waals surface area contributed by atoms with E-state index in [1.54, 1.807) is 35.4 Å². The van der Waals surface area contributed by atoms with Gasteiger partial charge in [0.1, 0.15) is 11.5 Å². The fourth-order valence-corrected chi connectivity index (χ4v) is 3.92. The van der Waals surface area contributed by atoms with Crippen molar-refractivity contribution in [2.24, 2.45) is 4.99 Å². The van der Waals surface area contributed by atoms with Gasteiger partial charge in [0.15, 0.2) is 11.0 Å². The van der Waals surface area contributed by atoms with E-state index in [0.29, 0.717) is 39.0 Å². The predicted molar refractivity (Wildman–Crippen MR) is 118 cm³/mol. The van der Waals surface area contributed by atoms with Crippen molar-refractivity contribution >= 4 is 46.3 Å². The molecule has 0 atom stereocenters. The SMILES string of the molecule is C=CCN1C(=O)/C(=C\c2ccc(-c3cccc(Cl)c3)o2)S/C1=N/c1ccccn1. The van der Waals surface area contributed by atoms with Crippen molar-refractivity contribution in [2.75, 3.05) is 6.54 Å². The third kappa shape index (κ3) is 4.34. The number of rotatable bonds is 5. The number of aliphatic imine (C=N–C) groups is 1. The summed E-state index contributed by atoms with van der Waals surface area (Å²) in [5.74, 6) is 1.65. The summed E-state index contributed by atoms with van der Waals surface area (Å²) in [5, 5.41) is 1.19. The number of carbonyl (C=O) groups excluding carboxylic acids is 1. The molecule has 1 fully saturated rings. The lowest BCUT2D eigenvalue weighted by Gasteiger charge is -2.12. The molecule has 2 aromatic heterocycles. The zero-order valence-electron chi connectivity index (χ0n) is 15.3. The van der Waals surface area contributed by atoms with Crippen molar-refractivity contribution in [3.8, 4) is 11.3 Å². The number of hydrogen-bond acceptors (Lipinski definition) is 5. The summed E-state index contributed by atoms with van der Waals surface area (Å²) < 4.78 is 5.89. The van der Waals surface area contributed by atoms with Crippen LogP contribution in [-0.4, -0.2) is 27.5 Å². The number of thioether (sulfide) groups is 1. The minimum absolute atomic E-state index is 0.148. The highest BCUT2D eigenvalue weighted by Crippen LogP contribution is 2.34. The third-order valence-corrected chi connectivity index (χ3v) is 5.31. The molecule has 1 saturated heterocycles. The summed E-state index contributed by atoms with van der Waals surface area (Å²) in [7, 11) is 0. The Balaban J connectivity index is 1.63. The Labute approximate surface area is 177 Å². The van der Waals surface area contributed by atoms with E-state index in [2.05, 4.69) is 16.6 Å². The minimum Gasteiger partial charge on any atom is -0.457 e. The normalized spacial score (nSPS) is 16.7. The average molecular weight is 422 g/mol. The maximum absolute atomic E-state index is 12.9. The molecule has 5 nitrogen and oxygen atoms in total. The molecular formula is C22H16ClN3O2S. The van der Waals surface area contributed by atoms with E-state index < -0.39 is 0 Å². The molecule has 0 radical (unpaired) electrons. The molecule has 4 rings (SSSR count). The molecule has 0 spiro atoms. The average Bonchev–Trinajstić information content (AvgIpc) is 3.30. The van der Waals surface area contributed by atoms with Gasteiger partial charge in [0.2, 0.25) is 0 Å². The van der Waals surface area contributed by atoms with Gasteiger partial charge in [-0.25, -0.2) is 9.98 Å². The van der Waals surface area contributed by atoms with E-state index in [1.807, 2.05) is 42.5 Å². The predicted octanol–water partition coefficient (Wildman–Crippen LogP) is 5.79. The van der Waals surface area contributed by atoms with Gasteiger partial charge in [-0.15, -0.1) is 6.58 Å². The molecule has 1 aromatic carbocycles. The largest absolute Gasteiger partial charge is 0.457 e. The summed E-state index contributed by atoms with van der Waals surface area (Å²) in [5.41, 5.74) is 0.873. The smallest absolute Gasteiger partial charge is 0.267 e. The van der Waals surface area contributed by atoms with Gasteiger partial charge in [-0.1, -0.05) is 35.9 Å². The summed E-state index contributed by atoms with van der Waals surface area (Å²) in [4.78, 5) is 23.6. The molecule has 144 valence electrons. The summed E-state index contributed by atoms with van der Waals surface area (Å²) in [6.07, 6.45) is 5.05. The number of amidine groups is 1. The Hall–Kier alpha value is -3.09. The van der Waals surface area contributed by atoms with Gasteiger partial charge in [-0.2, -0.15) is 0 Å². The Morgan fingerprint density at radius 2 is 2.10 bits per heavy atom. The van der Waals surface area contributed by atoms with Crippen molar-refractivity contribution in [3.63, 3.8) is 0 Å². The molecule has 1 aliphatic rings. The van der Waals surface area contributed by atoms with Gasteiger partial charge in [0.25, 0.3) is 5.91 Å². The van der Waals surface area contributed by atoms with Gasteiger partial charge in [0, 0.05) is 29.4 Å². The van der Waals surface area contributed by atoms with Crippen molar-refractivity contribution in [1.82, 2.24) is 9.88 Å². The Morgan fingerprint density at radius 3 is 2.86 bits per heavy atom. The molecular weight excluding hydrogens is 406 g/mol. The maximum atomic E-state index is 12.9. The number of halogens is 1. The van der Waals surface area contributed by atoms with E-state index in [-0.39, 0.29) is 5.91 Å². The van der Waals surface area contributed by atoms with Crippen LogP contribution in [0.2, 0.25) is 5.02 Å². The second-order valence-electron chi connectivity index (χ2n) is 6.11. The second-order valence-corrected chi connectivity index (χ2v) is 7.56. The molecule has 3 heterocycles. The van der Waals surface area contributed by atoms with Crippen molar-refractivity contribution in [3.05, 3.63) is 89.1 Å². The molecule has 0 bridgehead atoms. The second kappa shape index (κ2) is 8.51. The van der Waals surface area contributed by atoms with Crippen LogP contribution >= 0.6 is 23.4 Å². The first-order chi connectivity index (χ1) is 14.1. The highest BCUT2D eigenvalue weighted by atomic mass is 35.5. The number of nitrogens with zero attached hydrogens (tertiary/aromatic N) is 3. The van der Waals surface area contributed by atoms with Gasteiger partial charge in [-0.05, 0) is 48.2 Å². The van der Waals surface area contributed by atoms with Gasteiger partial charge in [-0.3, -0.25) is 9.69 Å². The highest BCUT2D eigenvalue weighted by Gasteiger charge is 2.33. The number of benzene rings is 1. The van der Waals surface area contributed by atoms with E-state index in [9.17, 15) is 4.79 Å². The first kappa shape index (κ1) is 19.2. The van der Waals surface area contributed by atoms with Crippen LogP contribution in [0.15, 0.2) is 87.8 Å².